The Morgan fingerprint density at radius 1 is 0.704 bits per heavy atom. The Balaban J connectivity index is 2.32. The molecule has 1 heterocycles. The number of nitrogens with zero attached hydrogens (tertiary/aromatic N) is 1. The van der Waals surface area contributed by atoms with Gasteiger partial charge in [0, 0.05) is 6.42 Å². The van der Waals surface area contributed by atoms with Gasteiger partial charge in [0.2, 0.25) is 0 Å². The monoisotopic (exact) mass is 781 g/mol. The maximum atomic E-state index is 12.7. The van der Waals surface area contributed by atoms with E-state index in [9.17, 15) is 14.3 Å². The Bertz CT molecular complexity index is 1110. The molecule has 0 aromatic rings. The van der Waals surface area contributed by atoms with E-state index in [4.69, 9.17) is 23.3 Å². The van der Waals surface area contributed by atoms with Gasteiger partial charge in [0.25, 0.3) is 0 Å². The Morgan fingerprint density at radius 3 is 1.87 bits per heavy atom. The number of hydrogen-bond donors (Lipinski definition) is 1. The molecule has 0 spiro atoms. The van der Waals surface area contributed by atoms with Gasteiger partial charge in [-0.15, -0.1) is 0 Å². The van der Waals surface area contributed by atoms with E-state index < -0.39 is 19.9 Å². The number of esters is 1. The van der Waals surface area contributed by atoms with Crippen molar-refractivity contribution in [2.75, 3.05) is 47.5 Å². The van der Waals surface area contributed by atoms with E-state index in [0.717, 1.165) is 51.4 Å². The van der Waals surface area contributed by atoms with Crippen LogP contribution in [0.25, 0.3) is 0 Å². The van der Waals surface area contributed by atoms with Crippen molar-refractivity contribution in [1.82, 2.24) is 0 Å². The third-order valence-corrected chi connectivity index (χ3v) is 10.0. The van der Waals surface area contributed by atoms with E-state index in [2.05, 4.69) is 62.5 Å². The number of quaternary nitrogens is 1. The smallest absolute Gasteiger partial charge is 0.472 e. The molecule has 1 rings (SSSR count). The molecule has 4 unspecified atom stereocenters. The van der Waals surface area contributed by atoms with Gasteiger partial charge in [-0.05, 0) is 63.9 Å². The maximum Gasteiger partial charge on any atom is 0.472 e. The lowest BCUT2D eigenvalue weighted by Gasteiger charge is -2.24. The van der Waals surface area contributed by atoms with E-state index in [1.54, 1.807) is 6.26 Å². The van der Waals surface area contributed by atoms with Crippen molar-refractivity contribution in [2.24, 2.45) is 0 Å². The van der Waals surface area contributed by atoms with Gasteiger partial charge >= 0.3 is 13.8 Å². The SMILES string of the molecule is CC/C=C\C/C=C\C/C=C\CC1OC1C/C=C\CCCC(=O)OC(CO/C=C\CCCCCCCCCCCCCC)COP(=O)(O)OCC[N+](C)(C)C. The van der Waals surface area contributed by atoms with Crippen LogP contribution in [0.4, 0.5) is 0 Å². The minimum Gasteiger partial charge on any atom is -0.498 e. The number of ether oxygens (including phenoxy) is 3. The molecule has 312 valence electrons. The highest BCUT2D eigenvalue weighted by atomic mass is 31.2. The predicted molar refractivity (Wildman–Crippen MR) is 223 cm³/mol. The number of rotatable bonds is 37. The number of phosphoric ester groups is 1. The molecule has 4 atom stereocenters. The lowest BCUT2D eigenvalue weighted by atomic mass is 10.0. The number of allylic oxidation sites excluding steroid dienone is 7. The summed E-state index contributed by atoms with van der Waals surface area (Å²) in [4.78, 5) is 22.9. The Labute approximate surface area is 330 Å². The highest BCUT2D eigenvalue weighted by molar-refractivity contribution is 7.47. The van der Waals surface area contributed by atoms with Crippen molar-refractivity contribution in [3.8, 4) is 0 Å². The van der Waals surface area contributed by atoms with E-state index >= 15 is 0 Å². The molecule has 0 saturated carbocycles. The molecule has 0 aromatic heterocycles. The number of likely N-dealkylation sites (N-methyl/N-ethyl adjacent to an activating group) is 1. The number of carbonyl (C=O) groups is 1. The molecule has 1 aliphatic rings. The van der Waals surface area contributed by atoms with Crippen LogP contribution < -0.4 is 0 Å². The van der Waals surface area contributed by atoms with Crippen molar-refractivity contribution in [3.05, 3.63) is 60.9 Å². The van der Waals surface area contributed by atoms with Crippen LogP contribution in [0.5, 0.6) is 0 Å². The normalized spacial score (nSPS) is 18.1. The summed E-state index contributed by atoms with van der Waals surface area (Å²) in [6.45, 7) is 4.72. The second-order valence-electron chi connectivity index (χ2n) is 15.4. The van der Waals surface area contributed by atoms with Crippen LogP contribution in [0.15, 0.2) is 60.9 Å². The zero-order valence-electron chi connectivity index (χ0n) is 34.9. The molecule has 54 heavy (non-hydrogen) atoms. The summed E-state index contributed by atoms with van der Waals surface area (Å²) in [6.07, 6.45) is 43.8. The average Bonchev–Trinajstić information content (AvgIpc) is 3.88. The largest absolute Gasteiger partial charge is 0.498 e. The lowest BCUT2D eigenvalue weighted by molar-refractivity contribution is -0.870. The van der Waals surface area contributed by atoms with Crippen molar-refractivity contribution in [2.45, 2.75) is 167 Å². The molecule has 1 N–H and O–H groups in total. The fourth-order valence-corrected chi connectivity index (χ4v) is 6.39. The van der Waals surface area contributed by atoms with Crippen molar-refractivity contribution in [1.29, 1.82) is 0 Å². The van der Waals surface area contributed by atoms with Crippen LogP contribution in [0, 0.1) is 0 Å². The number of hydrogen-bond acceptors (Lipinski definition) is 7. The summed E-state index contributed by atoms with van der Waals surface area (Å²) in [5.41, 5.74) is 0. The van der Waals surface area contributed by atoms with Crippen LogP contribution >= 0.6 is 7.82 Å². The van der Waals surface area contributed by atoms with Gasteiger partial charge < -0.3 is 23.6 Å². The van der Waals surface area contributed by atoms with Crippen molar-refractivity contribution < 1.29 is 42.0 Å². The minimum atomic E-state index is -4.31. The van der Waals surface area contributed by atoms with E-state index in [0.29, 0.717) is 23.6 Å². The van der Waals surface area contributed by atoms with Crippen LogP contribution in [0.1, 0.15) is 149 Å². The molecule has 0 bridgehead atoms. The van der Waals surface area contributed by atoms with Crippen LogP contribution in [-0.4, -0.2) is 81.2 Å². The van der Waals surface area contributed by atoms with Crippen LogP contribution in [0.3, 0.4) is 0 Å². The second-order valence-corrected chi connectivity index (χ2v) is 16.9. The van der Waals surface area contributed by atoms with E-state index in [-0.39, 0.29) is 32.3 Å². The second kappa shape index (κ2) is 33.2. The molecular weight excluding hydrogens is 701 g/mol. The van der Waals surface area contributed by atoms with Crippen LogP contribution in [0.2, 0.25) is 0 Å². The number of carbonyl (C=O) groups excluding carboxylic acids is 1. The Kier molecular flexibility index (Phi) is 30.7. The van der Waals surface area contributed by atoms with Crippen molar-refractivity contribution in [3.63, 3.8) is 0 Å². The van der Waals surface area contributed by atoms with E-state index in [1.807, 2.05) is 27.2 Å². The van der Waals surface area contributed by atoms with Crippen LogP contribution in [-0.2, 0) is 32.6 Å². The Morgan fingerprint density at radius 2 is 1.26 bits per heavy atom. The van der Waals surface area contributed by atoms with Crippen molar-refractivity contribution >= 4 is 13.8 Å². The topological polar surface area (TPSA) is 104 Å². The highest BCUT2D eigenvalue weighted by Gasteiger charge is 2.36. The number of unbranched alkanes of at least 4 members (excludes halogenated alkanes) is 13. The van der Waals surface area contributed by atoms with Gasteiger partial charge in [0.1, 0.15) is 19.8 Å². The first kappa shape index (κ1) is 50.0. The lowest BCUT2D eigenvalue weighted by Crippen LogP contribution is -2.37. The standard InChI is InChI=1S/C44H78NO8P/c1-6-8-10-12-14-16-17-18-19-20-22-24-28-32-37-49-39-41(40-51-54(47,48)50-38-36-45(3,4)5)52-44(46)35-31-27-26-30-34-43-42(53-43)33-29-25-23-21-15-13-11-9-7-2/h9,11,15,21,25-26,29-30,32,37,41-43H,6-8,10,12-14,16-20,22-24,27-28,31,33-36,38-40H2,1-5H3/p+1/b11-9-,21-15-,29-25-,30-26-,37-32-. The zero-order chi connectivity index (χ0) is 39.6. The quantitative estimate of drug-likeness (QED) is 0.0126. The molecular formula is C44H79NO8P+. The first-order valence-corrected chi connectivity index (χ1v) is 22.7. The van der Waals surface area contributed by atoms with Gasteiger partial charge in [0.05, 0.1) is 46.2 Å². The van der Waals surface area contributed by atoms with Gasteiger partial charge in [0.15, 0.2) is 6.10 Å². The van der Waals surface area contributed by atoms with Gasteiger partial charge in [-0.2, -0.15) is 0 Å². The zero-order valence-corrected chi connectivity index (χ0v) is 35.8. The third kappa shape index (κ3) is 33.3. The molecule has 1 aliphatic heterocycles. The fourth-order valence-electron chi connectivity index (χ4n) is 5.65. The number of epoxide rings is 1. The highest BCUT2D eigenvalue weighted by Crippen LogP contribution is 2.43. The third-order valence-electron chi connectivity index (χ3n) is 9.06. The minimum absolute atomic E-state index is 0.0184. The van der Waals surface area contributed by atoms with E-state index in [1.165, 1.54) is 70.6 Å². The molecule has 0 aliphatic carbocycles. The molecule has 1 saturated heterocycles. The summed E-state index contributed by atoms with van der Waals surface area (Å²) in [5.74, 6) is -0.399. The van der Waals surface area contributed by atoms with Gasteiger partial charge in [-0.1, -0.05) is 133 Å². The van der Waals surface area contributed by atoms with Gasteiger partial charge in [-0.3, -0.25) is 13.8 Å². The molecule has 9 nitrogen and oxygen atoms in total. The summed E-state index contributed by atoms with van der Waals surface area (Å²) < 4.78 is 40.4. The maximum absolute atomic E-state index is 12.7. The Hall–Kier alpha value is -2.00. The summed E-state index contributed by atoms with van der Waals surface area (Å²) >= 11 is 0. The molecule has 0 radical (unpaired) electrons. The summed E-state index contributed by atoms with van der Waals surface area (Å²) in [5, 5.41) is 0. The first-order valence-electron chi connectivity index (χ1n) is 21.2. The fraction of sp³-hybridized carbons (Fsp3) is 0.750. The van der Waals surface area contributed by atoms with Gasteiger partial charge in [-0.25, -0.2) is 4.57 Å². The summed E-state index contributed by atoms with van der Waals surface area (Å²) in [7, 11) is 1.58. The molecule has 10 heteroatoms. The molecule has 1 fully saturated rings. The average molecular weight is 781 g/mol. The molecule has 0 aromatic carbocycles. The predicted octanol–water partition coefficient (Wildman–Crippen LogP) is 11.5. The molecule has 0 amide bonds. The number of phosphoric acid groups is 1. The first-order chi connectivity index (χ1) is 26.1. The summed E-state index contributed by atoms with van der Waals surface area (Å²) in [6, 6.07) is 0.